The number of rotatable bonds is 4. The van der Waals surface area contributed by atoms with E-state index in [9.17, 15) is 0 Å². The van der Waals surface area contributed by atoms with Crippen LogP contribution in [0.1, 0.15) is 11.5 Å². The standard InChI is InChI=1S/C13H12ClN5OS/c1-8-6-11(20-18-8)7-21-13-17-16-12(19(13)15)9-2-4-10(14)5-3-9/h2-6H,7,15H2,1H3. The summed E-state index contributed by atoms with van der Waals surface area (Å²) in [5.74, 6) is 7.99. The summed E-state index contributed by atoms with van der Waals surface area (Å²) in [5, 5.41) is 13.3. The zero-order valence-electron chi connectivity index (χ0n) is 11.2. The van der Waals surface area contributed by atoms with Gasteiger partial charge in [0.2, 0.25) is 5.16 Å². The normalized spacial score (nSPS) is 11.0. The van der Waals surface area contributed by atoms with E-state index in [1.165, 1.54) is 16.4 Å². The fraction of sp³-hybridized carbons (Fsp3) is 0.154. The van der Waals surface area contributed by atoms with Crippen molar-refractivity contribution < 1.29 is 4.52 Å². The molecule has 21 heavy (non-hydrogen) atoms. The highest BCUT2D eigenvalue weighted by atomic mass is 35.5. The lowest BCUT2D eigenvalue weighted by molar-refractivity contribution is 0.391. The lowest BCUT2D eigenvalue weighted by Gasteiger charge is -2.03. The zero-order chi connectivity index (χ0) is 14.8. The minimum Gasteiger partial charge on any atom is -0.360 e. The molecule has 0 aliphatic carbocycles. The number of nitrogens with two attached hydrogens (primary N) is 1. The van der Waals surface area contributed by atoms with Gasteiger partial charge in [0.05, 0.1) is 11.4 Å². The maximum absolute atomic E-state index is 6.03. The van der Waals surface area contributed by atoms with Crippen molar-refractivity contribution in [3.63, 3.8) is 0 Å². The SMILES string of the molecule is Cc1cc(CSc2nnc(-c3ccc(Cl)cc3)n2N)on1. The Morgan fingerprint density at radius 1 is 1.29 bits per heavy atom. The van der Waals surface area contributed by atoms with Gasteiger partial charge in [-0.05, 0) is 31.2 Å². The molecule has 6 nitrogen and oxygen atoms in total. The Balaban J connectivity index is 1.77. The maximum Gasteiger partial charge on any atom is 0.210 e. The van der Waals surface area contributed by atoms with E-state index >= 15 is 0 Å². The molecule has 0 unspecified atom stereocenters. The van der Waals surface area contributed by atoms with Crippen molar-refractivity contribution in [2.24, 2.45) is 0 Å². The Morgan fingerprint density at radius 2 is 2.05 bits per heavy atom. The van der Waals surface area contributed by atoms with Gasteiger partial charge < -0.3 is 10.4 Å². The van der Waals surface area contributed by atoms with Crippen molar-refractivity contribution in [2.45, 2.75) is 17.8 Å². The number of hydrogen-bond donors (Lipinski definition) is 1. The number of thioether (sulfide) groups is 1. The number of halogens is 1. The summed E-state index contributed by atoms with van der Waals surface area (Å²) in [6, 6.07) is 9.16. The van der Waals surface area contributed by atoms with Crippen LogP contribution >= 0.6 is 23.4 Å². The van der Waals surface area contributed by atoms with Crippen molar-refractivity contribution >= 4 is 23.4 Å². The van der Waals surface area contributed by atoms with Crippen molar-refractivity contribution in [1.82, 2.24) is 20.0 Å². The van der Waals surface area contributed by atoms with E-state index in [-0.39, 0.29) is 0 Å². The summed E-state index contributed by atoms with van der Waals surface area (Å²) in [7, 11) is 0. The van der Waals surface area contributed by atoms with Crippen LogP contribution in [0.5, 0.6) is 0 Å². The van der Waals surface area contributed by atoms with Gasteiger partial charge in [-0.1, -0.05) is 28.5 Å². The zero-order valence-corrected chi connectivity index (χ0v) is 12.7. The number of aromatic nitrogens is 4. The van der Waals surface area contributed by atoms with Crippen LogP contribution in [0.15, 0.2) is 40.0 Å². The Morgan fingerprint density at radius 3 is 2.71 bits per heavy atom. The molecule has 0 bridgehead atoms. The monoisotopic (exact) mass is 321 g/mol. The van der Waals surface area contributed by atoms with Crippen molar-refractivity contribution in [3.8, 4) is 11.4 Å². The molecule has 0 spiro atoms. The molecule has 0 fully saturated rings. The maximum atomic E-state index is 6.03. The second kappa shape index (κ2) is 5.79. The van der Waals surface area contributed by atoms with Crippen LogP contribution < -0.4 is 5.84 Å². The second-order valence-electron chi connectivity index (χ2n) is 4.41. The van der Waals surface area contributed by atoms with Crippen molar-refractivity contribution in [1.29, 1.82) is 0 Å². The first kappa shape index (κ1) is 14.0. The lowest BCUT2D eigenvalue weighted by Crippen LogP contribution is -2.11. The third-order valence-electron chi connectivity index (χ3n) is 2.79. The fourth-order valence-electron chi connectivity index (χ4n) is 1.79. The van der Waals surface area contributed by atoms with Gasteiger partial charge in [-0.15, -0.1) is 10.2 Å². The number of aryl methyl sites for hydroxylation is 1. The van der Waals surface area contributed by atoms with E-state index < -0.39 is 0 Å². The average molecular weight is 322 g/mol. The summed E-state index contributed by atoms with van der Waals surface area (Å²) in [6.07, 6.45) is 0. The Hall–Kier alpha value is -1.99. The van der Waals surface area contributed by atoms with E-state index in [0.717, 1.165) is 17.0 Å². The minimum absolute atomic E-state index is 0.586. The molecule has 2 heterocycles. The Labute approximate surface area is 130 Å². The molecular weight excluding hydrogens is 310 g/mol. The molecule has 0 radical (unpaired) electrons. The van der Waals surface area contributed by atoms with Gasteiger partial charge >= 0.3 is 0 Å². The van der Waals surface area contributed by atoms with Crippen LogP contribution in [0.4, 0.5) is 0 Å². The minimum atomic E-state index is 0.586. The number of nitrogens with zero attached hydrogens (tertiary/aromatic N) is 4. The number of hydrogen-bond acceptors (Lipinski definition) is 6. The summed E-state index contributed by atoms with van der Waals surface area (Å²) >= 11 is 7.31. The van der Waals surface area contributed by atoms with Gasteiger partial charge in [0.25, 0.3) is 0 Å². The molecular formula is C13H12ClN5OS. The molecule has 0 saturated heterocycles. The van der Waals surface area contributed by atoms with Gasteiger partial charge in [0.15, 0.2) is 5.82 Å². The molecule has 0 saturated carbocycles. The Kier molecular flexibility index (Phi) is 3.85. The number of benzene rings is 1. The molecule has 2 aromatic heterocycles. The Bertz CT molecular complexity index is 752. The first-order valence-electron chi connectivity index (χ1n) is 6.15. The summed E-state index contributed by atoms with van der Waals surface area (Å²) < 4.78 is 6.60. The second-order valence-corrected chi connectivity index (χ2v) is 5.79. The van der Waals surface area contributed by atoms with Crippen molar-refractivity contribution in [3.05, 3.63) is 46.8 Å². The third kappa shape index (κ3) is 3.03. The smallest absolute Gasteiger partial charge is 0.210 e. The van der Waals surface area contributed by atoms with Crippen LogP contribution in [0, 0.1) is 6.92 Å². The highest BCUT2D eigenvalue weighted by Gasteiger charge is 2.13. The van der Waals surface area contributed by atoms with E-state index in [0.29, 0.717) is 21.8 Å². The van der Waals surface area contributed by atoms with Gasteiger partial charge in [-0.2, -0.15) is 0 Å². The first-order chi connectivity index (χ1) is 10.1. The summed E-state index contributed by atoms with van der Waals surface area (Å²) in [6.45, 7) is 1.88. The van der Waals surface area contributed by atoms with E-state index in [1.807, 2.05) is 25.1 Å². The average Bonchev–Trinajstić information content (AvgIpc) is 3.04. The molecule has 0 amide bonds. The van der Waals surface area contributed by atoms with Gasteiger partial charge in [0.1, 0.15) is 5.76 Å². The number of nitrogen functional groups attached to an aromatic ring is 1. The lowest BCUT2D eigenvalue weighted by atomic mass is 10.2. The quantitative estimate of drug-likeness (QED) is 0.587. The van der Waals surface area contributed by atoms with E-state index in [2.05, 4.69) is 15.4 Å². The molecule has 108 valence electrons. The summed E-state index contributed by atoms with van der Waals surface area (Å²) in [5.41, 5.74) is 1.71. The first-order valence-corrected chi connectivity index (χ1v) is 7.51. The van der Waals surface area contributed by atoms with Crippen LogP contribution in [-0.4, -0.2) is 20.0 Å². The fourth-order valence-corrected chi connectivity index (χ4v) is 2.65. The van der Waals surface area contributed by atoms with Gasteiger partial charge in [-0.25, -0.2) is 4.68 Å². The van der Waals surface area contributed by atoms with E-state index in [1.54, 1.807) is 12.1 Å². The molecule has 0 aliphatic rings. The summed E-state index contributed by atoms with van der Waals surface area (Å²) in [4.78, 5) is 0. The van der Waals surface area contributed by atoms with Crippen LogP contribution in [0.2, 0.25) is 5.02 Å². The molecule has 3 aromatic rings. The largest absolute Gasteiger partial charge is 0.360 e. The predicted molar refractivity (Wildman–Crippen MR) is 81.4 cm³/mol. The topological polar surface area (TPSA) is 82.8 Å². The van der Waals surface area contributed by atoms with Crippen LogP contribution in [0.3, 0.4) is 0 Å². The molecule has 8 heteroatoms. The van der Waals surface area contributed by atoms with Crippen LogP contribution in [-0.2, 0) is 5.75 Å². The van der Waals surface area contributed by atoms with Crippen LogP contribution in [0.25, 0.3) is 11.4 Å². The van der Waals surface area contributed by atoms with Crippen molar-refractivity contribution in [2.75, 3.05) is 5.84 Å². The highest BCUT2D eigenvalue weighted by molar-refractivity contribution is 7.98. The molecule has 0 atom stereocenters. The molecule has 2 N–H and O–H groups in total. The van der Waals surface area contributed by atoms with Gasteiger partial charge in [0, 0.05) is 16.7 Å². The molecule has 0 aliphatic heterocycles. The molecule has 3 rings (SSSR count). The third-order valence-corrected chi connectivity index (χ3v) is 4.00. The highest BCUT2D eigenvalue weighted by Crippen LogP contribution is 2.25. The van der Waals surface area contributed by atoms with Gasteiger partial charge in [-0.3, -0.25) is 0 Å². The predicted octanol–water partition coefficient (Wildman–Crippen LogP) is 2.90. The molecule has 1 aromatic carbocycles. The van der Waals surface area contributed by atoms with E-state index in [4.69, 9.17) is 22.0 Å².